The van der Waals surface area contributed by atoms with Crippen LogP contribution in [0.3, 0.4) is 0 Å². The van der Waals surface area contributed by atoms with E-state index in [1.54, 1.807) is 0 Å². The molecule has 3 heterocycles. The molecule has 3 N–H and O–H groups in total. The summed E-state index contributed by atoms with van der Waals surface area (Å²) in [5.74, 6) is 0. The number of aromatic amines is 1. The molecule has 1 unspecified atom stereocenters. The SMILES string of the molecule is Nc1cc(Br)cc2cc(C3=NCC(CN4CCOCC4)S3)[nH]c12. The van der Waals surface area contributed by atoms with Gasteiger partial charge in [0.2, 0.25) is 0 Å². The van der Waals surface area contributed by atoms with Crippen molar-refractivity contribution in [2.75, 3.05) is 45.1 Å². The predicted molar refractivity (Wildman–Crippen MR) is 100 cm³/mol. The molecular formula is C16H19BrN4OS. The number of H-pyrrole nitrogens is 1. The van der Waals surface area contributed by atoms with Crippen LogP contribution in [-0.2, 0) is 4.74 Å². The number of hydrogen-bond donors (Lipinski definition) is 2. The number of benzene rings is 1. The molecule has 1 aromatic carbocycles. The van der Waals surface area contributed by atoms with Crippen LogP contribution in [0, 0.1) is 0 Å². The van der Waals surface area contributed by atoms with E-state index in [4.69, 9.17) is 15.5 Å². The quantitative estimate of drug-likeness (QED) is 0.785. The Morgan fingerprint density at radius 3 is 3.00 bits per heavy atom. The van der Waals surface area contributed by atoms with Gasteiger partial charge in [0.05, 0.1) is 36.7 Å². The number of nitrogens with two attached hydrogens (primary N) is 1. The van der Waals surface area contributed by atoms with Crippen LogP contribution in [-0.4, -0.2) is 59.6 Å². The van der Waals surface area contributed by atoms with Gasteiger partial charge in [-0.25, -0.2) is 0 Å². The molecule has 2 aliphatic heterocycles. The van der Waals surface area contributed by atoms with Crippen molar-refractivity contribution in [3.05, 3.63) is 28.4 Å². The fourth-order valence-electron chi connectivity index (χ4n) is 3.08. The Hall–Kier alpha value is -1.02. The number of nitrogen functional groups attached to an aromatic ring is 1. The third-order valence-electron chi connectivity index (χ3n) is 4.24. The molecule has 7 heteroatoms. The highest BCUT2D eigenvalue weighted by molar-refractivity contribution is 9.10. The minimum absolute atomic E-state index is 0.526. The number of halogens is 1. The summed E-state index contributed by atoms with van der Waals surface area (Å²) in [6, 6.07) is 6.14. The zero-order valence-electron chi connectivity index (χ0n) is 12.7. The lowest BCUT2D eigenvalue weighted by atomic mass is 10.2. The molecule has 0 bridgehead atoms. The maximum absolute atomic E-state index is 6.09. The van der Waals surface area contributed by atoms with E-state index >= 15 is 0 Å². The molecule has 0 amide bonds. The predicted octanol–water partition coefficient (Wildman–Crippen LogP) is 2.71. The summed E-state index contributed by atoms with van der Waals surface area (Å²) in [5, 5.41) is 2.74. The number of nitrogens with zero attached hydrogens (tertiary/aromatic N) is 2. The van der Waals surface area contributed by atoms with E-state index in [1.165, 1.54) is 0 Å². The number of fused-ring (bicyclic) bond motifs is 1. The molecule has 5 nitrogen and oxygen atoms in total. The second kappa shape index (κ2) is 6.47. The lowest BCUT2D eigenvalue weighted by Gasteiger charge is -2.28. The van der Waals surface area contributed by atoms with Gasteiger partial charge in [-0.05, 0) is 18.2 Å². The Bertz CT molecular complexity index is 754. The van der Waals surface area contributed by atoms with E-state index in [-0.39, 0.29) is 0 Å². The minimum atomic E-state index is 0.526. The number of morpholine rings is 1. The Labute approximate surface area is 147 Å². The van der Waals surface area contributed by atoms with Crippen LogP contribution in [0.25, 0.3) is 10.9 Å². The Morgan fingerprint density at radius 2 is 2.17 bits per heavy atom. The molecule has 0 spiro atoms. The summed E-state index contributed by atoms with van der Waals surface area (Å²) in [4.78, 5) is 10.6. The van der Waals surface area contributed by atoms with Crippen molar-refractivity contribution in [2.24, 2.45) is 4.99 Å². The first-order valence-electron chi connectivity index (χ1n) is 7.78. The average molecular weight is 395 g/mol. The first-order valence-corrected chi connectivity index (χ1v) is 9.45. The lowest BCUT2D eigenvalue weighted by Crippen LogP contribution is -2.40. The fraction of sp³-hybridized carbons (Fsp3) is 0.438. The Kier molecular flexibility index (Phi) is 4.36. The molecule has 4 rings (SSSR count). The molecule has 0 saturated carbocycles. The smallest absolute Gasteiger partial charge is 0.114 e. The van der Waals surface area contributed by atoms with Crippen molar-refractivity contribution in [1.82, 2.24) is 9.88 Å². The summed E-state index contributed by atoms with van der Waals surface area (Å²) >= 11 is 5.36. The number of nitrogens with one attached hydrogen (secondary N) is 1. The number of thioether (sulfide) groups is 1. The maximum Gasteiger partial charge on any atom is 0.114 e. The average Bonchev–Trinajstić information content (AvgIpc) is 3.15. The summed E-state index contributed by atoms with van der Waals surface area (Å²) < 4.78 is 6.41. The number of hydrogen-bond acceptors (Lipinski definition) is 5. The van der Waals surface area contributed by atoms with E-state index in [1.807, 2.05) is 17.8 Å². The fourth-order valence-corrected chi connectivity index (χ4v) is 4.71. The zero-order valence-corrected chi connectivity index (χ0v) is 15.1. The number of aliphatic imine (C=N–C) groups is 1. The number of anilines is 1. The molecule has 2 aliphatic rings. The molecule has 122 valence electrons. The van der Waals surface area contributed by atoms with Gasteiger partial charge in [-0.15, -0.1) is 0 Å². The summed E-state index contributed by atoms with van der Waals surface area (Å²) in [7, 11) is 0. The molecule has 23 heavy (non-hydrogen) atoms. The van der Waals surface area contributed by atoms with Crippen LogP contribution in [0.15, 0.2) is 27.7 Å². The first-order chi connectivity index (χ1) is 11.2. The first kappa shape index (κ1) is 15.5. The van der Waals surface area contributed by atoms with Gasteiger partial charge >= 0.3 is 0 Å². The van der Waals surface area contributed by atoms with Crippen molar-refractivity contribution in [1.29, 1.82) is 0 Å². The van der Waals surface area contributed by atoms with Gasteiger partial charge in [-0.2, -0.15) is 0 Å². The minimum Gasteiger partial charge on any atom is -0.397 e. The standard InChI is InChI=1S/C16H19BrN4OS/c17-11-5-10-6-14(20-15(10)13(18)7-11)16-19-8-12(23-16)9-21-1-3-22-4-2-21/h5-7,12,20H,1-4,8-9,18H2. The summed E-state index contributed by atoms with van der Waals surface area (Å²) in [5.41, 5.74) is 8.91. The molecule has 0 radical (unpaired) electrons. The number of ether oxygens (including phenoxy) is 1. The van der Waals surface area contributed by atoms with Crippen molar-refractivity contribution in [3.8, 4) is 0 Å². The maximum atomic E-state index is 6.09. The van der Waals surface area contributed by atoms with E-state index in [0.717, 1.165) is 71.2 Å². The van der Waals surface area contributed by atoms with E-state index in [0.29, 0.717) is 5.25 Å². The monoisotopic (exact) mass is 394 g/mol. The molecule has 1 aromatic heterocycles. The summed E-state index contributed by atoms with van der Waals surface area (Å²) in [6.45, 7) is 5.72. The summed E-state index contributed by atoms with van der Waals surface area (Å²) in [6.07, 6.45) is 0. The molecule has 2 aromatic rings. The second-order valence-corrected chi connectivity index (χ2v) is 8.15. The van der Waals surface area contributed by atoms with Crippen LogP contribution < -0.4 is 5.73 Å². The molecule has 1 saturated heterocycles. The van der Waals surface area contributed by atoms with Crippen LogP contribution in [0.5, 0.6) is 0 Å². The van der Waals surface area contributed by atoms with Gasteiger partial charge in [0.1, 0.15) is 5.04 Å². The van der Waals surface area contributed by atoms with Gasteiger partial charge < -0.3 is 15.5 Å². The Balaban J connectivity index is 1.48. The number of rotatable bonds is 3. The van der Waals surface area contributed by atoms with Crippen molar-refractivity contribution in [3.63, 3.8) is 0 Å². The van der Waals surface area contributed by atoms with Gasteiger partial charge in [-0.3, -0.25) is 9.89 Å². The molecule has 1 atom stereocenters. The van der Waals surface area contributed by atoms with E-state index < -0.39 is 0 Å². The molecular weight excluding hydrogens is 376 g/mol. The van der Waals surface area contributed by atoms with Crippen LogP contribution in [0.2, 0.25) is 0 Å². The normalized spacial score (nSPS) is 22.7. The highest BCUT2D eigenvalue weighted by Gasteiger charge is 2.25. The highest BCUT2D eigenvalue weighted by Crippen LogP contribution is 2.31. The highest BCUT2D eigenvalue weighted by atomic mass is 79.9. The van der Waals surface area contributed by atoms with Gasteiger partial charge in [-0.1, -0.05) is 27.7 Å². The third kappa shape index (κ3) is 3.28. The van der Waals surface area contributed by atoms with Gasteiger partial charge in [0.15, 0.2) is 0 Å². The number of aromatic nitrogens is 1. The largest absolute Gasteiger partial charge is 0.397 e. The third-order valence-corrected chi connectivity index (χ3v) is 5.90. The molecule has 1 fully saturated rings. The zero-order chi connectivity index (χ0) is 15.8. The Morgan fingerprint density at radius 1 is 1.35 bits per heavy atom. The van der Waals surface area contributed by atoms with Crippen LogP contribution in [0.4, 0.5) is 5.69 Å². The van der Waals surface area contributed by atoms with E-state index in [2.05, 4.69) is 37.9 Å². The lowest BCUT2D eigenvalue weighted by molar-refractivity contribution is 0.0385. The second-order valence-electron chi connectivity index (χ2n) is 5.94. The van der Waals surface area contributed by atoms with Crippen LogP contribution in [0.1, 0.15) is 5.69 Å². The van der Waals surface area contributed by atoms with Crippen molar-refractivity contribution in [2.45, 2.75) is 5.25 Å². The van der Waals surface area contributed by atoms with Crippen molar-refractivity contribution >= 4 is 49.3 Å². The molecule has 0 aliphatic carbocycles. The van der Waals surface area contributed by atoms with Gasteiger partial charge in [0.25, 0.3) is 0 Å². The van der Waals surface area contributed by atoms with Crippen LogP contribution >= 0.6 is 27.7 Å². The topological polar surface area (TPSA) is 66.6 Å². The van der Waals surface area contributed by atoms with E-state index in [9.17, 15) is 0 Å². The van der Waals surface area contributed by atoms with Crippen molar-refractivity contribution < 1.29 is 4.74 Å². The van der Waals surface area contributed by atoms with Gasteiger partial charge in [0, 0.05) is 34.7 Å².